The van der Waals surface area contributed by atoms with E-state index in [1.165, 1.54) is 0 Å². The molecule has 0 aromatic rings. The number of hydrogen-bond donors (Lipinski definition) is 0. The van der Waals surface area contributed by atoms with Gasteiger partial charge in [0.05, 0.1) is 0 Å². The summed E-state index contributed by atoms with van der Waals surface area (Å²) in [7, 11) is 0. The van der Waals surface area contributed by atoms with Crippen molar-refractivity contribution in [3.8, 4) is 9.86 Å². The Kier molecular flexibility index (Phi) is 2.85. The fraction of sp³-hybridized carbons (Fsp3) is 0. The molecule has 7 nitrogen and oxygen atoms in total. The van der Waals surface area contributed by atoms with E-state index in [-0.39, 0.29) is 0 Å². The van der Waals surface area contributed by atoms with Crippen molar-refractivity contribution in [3.63, 3.8) is 0 Å². The molecule has 0 aromatic carbocycles. The molecule has 0 unspecified atom stereocenters. The molecule has 0 radical (unpaired) electrons. The second-order valence-electron chi connectivity index (χ2n) is 1.16. The molecule has 0 spiro atoms. The van der Waals surface area contributed by atoms with Crippen LogP contribution in [0.2, 0.25) is 0 Å². The number of hydrogen-bond acceptors (Lipinski definition) is 7. The van der Waals surface area contributed by atoms with Gasteiger partial charge in [0.1, 0.15) is 0 Å². The summed E-state index contributed by atoms with van der Waals surface area (Å²) < 4.78 is 43.9. The van der Waals surface area contributed by atoms with Gasteiger partial charge in [-0.05, 0) is 0 Å². The zero-order valence-electron chi connectivity index (χ0n) is 4.75. The van der Waals surface area contributed by atoms with E-state index in [1.807, 2.05) is 0 Å². The summed E-state index contributed by atoms with van der Waals surface area (Å²) in [4.78, 5) is 1.29. The third kappa shape index (κ3) is 3.81. The summed E-state index contributed by atoms with van der Waals surface area (Å²) in [5.41, 5.74) is 0. The number of nitrogens with zero attached hydrogens (tertiary/aromatic N) is 2. The van der Waals surface area contributed by atoms with E-state index < -0.39 is 26.6 Å². The van der Waals surface area contributed by atoms with Crippen LogP contribution in [-0.4, -0.2) is 0 Å². The van der Waals surface area contributed by atoms with Crippen LogP contribution < -0.4 is 0 Å². The Morgan fingerprint density at radius 2 is 1.18 bits per heavy atom. The molecule has 0 saturated carbocycles. The summed E-state index contributed by atoms with van der Waals surface area (Å²) in [5, 5.41) is 15.5. The third-order valence-electron chi connectivity index (χ3n) is 0.403. The SMILES string of the molecule is N#[C][Cr](=[O])(=[O])[O][Cr](=[O])(=[O])[C]#N. The molecule has 0 rings (SSSR count). The molecule has 0 fully saturated rings. The molecule has 9 heteroatoms. The molecule has 0 N–H and O–H groups in total. The van der Waals surface area contributed by atoms with Crippen LogP contribution in [0.1, 0.15) is 0 Å². The number of nitriles is 2. The molecule has 0 aliphatic carbocycles. The standard InChI is InChI=1S/2CN.2Cr.5O/c2*1-2;;;;;;;. The van der Waals surface area contributed by atoms with E-state index in [9.17, 15) is 15.2 Å². The van der Waals surface area contributed by atoms with E-state index in [0.717, 1.165) is 0 Å². The van der Waals surface area contributed by atoms with Gasteiger partial charge in [-0.15, -0.1) is 0 Å². The van der Waals surface area contributed by atoms with E-state index in [4.69, 9.17) is 10.5 Å². The van der Waals surface area contributed by atoms with Crippen molar-refractivity contribution in [3.05, 3.63) is 0 Å². The van der Waals surface area contributed by atoms with Crippen LogP contribution in [0, 0.1) is 20.4 Å². The minimum atomic E-state index is -5.48. The van der Waals surface area contributed by atoms with E-state index in [1.54, 1.807) is 0 Å². The molecular formula is C2Cr2N2O5. The van der Waals surface area contributed by atoms with Crippen molar-refractivity contribution in [2.75, 3.05) is 0 Å². The van der Waals surface area contributed by atoms with Gasteiger partial charge in [0.25, 0.3) is 0 Å². The zero-order valence-corrected chi connectivity index (χ0v) is 7.30. The van der Waals surface area contributed by atoms with Gasteiger partial charge in [0, 0.05) is 0 Å². The molecule has 60 valence electrons. The summed E-state index contributed by atoms with van der Waals surface area (Å²) in [6.45, 7) is 0. The van der Waals surface area contributed by atoms with Crippen molar-refractivity contribution >= 4 is 0 Å². The van der Waals surface area contributed by atoms with Gasteiger partial charge in [-0.1, -0.05) is 0 Å². The van der Waals surface area contributed by atoms with Crippen LogP contribution in [-0.2, 0) is 44.6 Å². The average Bonchev–Trinajstić information content (AvgIpc) is 1.86. The first kappa shape index (κ1) is 10.2. The van der Waals surface area contributed by atoms with Crippen molar-refractivity contribution in [2.45, 2.75) is 0 Å². The van der Waals surface area contributed by atoms with E-state index in [2.05, 4.69) is 2.84 Å². The van der Waals surface area contributed by atoms with Gasteiger partial charge in [-0.25, -0.2) is 0 Å². The van der Waals surface area contributed by atoms with Crippen LogP contribution >= 0.6 is 0 Å². The molecule has 0 heterocycles. The fourth-order valence-corrected chi connectivity index (χ4v) is 2.52. The van der Waals surface area contributed by atoms with Crippen molar-refractivity contribution < 1.29 is 44.6 Å². The Labute approximate surface area is 65.3 Å². The average molecular weight is 236 g/mol. The second kappa shape index (κ2) is 3.07. The van der Waals surface area contributed by atoms with Gasteiger partial charge in [-0.3, -0.25) is 0 Å². The van der Waals surface area contributed by atoms with Crippen LogP contribution in [0.5, 0.6) is 0 Å². The fourth-order valence-electron chi connectivity index (χ4n) is 0.148. The molecule has 0 aliphatic heterocycles. The summed E-state index contributed by atoms with van der Waals surface area (Å²) in [5.74, 6) is 0. The predicted octanol–water partition coefficient (Wildman–Crippen LogP) is -0.515. The van der Waals surface area contributed by atoms with Gasteiger partial charge in [0.15, 0.2) is 0 Å². The van der Waals surface area contributed by atoms with Crippen LogP contribution in [0.15, 0.2) is 0 Å². The molecular weight excluding hydrogens is 236 g/mol. The van der Waals surface area contributed by atoms with Gasteiger partial charge in [-0.2, -0.15) is 0 Å². The van der Waals surface area contributed by atoms with Crippen molar-refractivity contribution in [1.29, 1.82) is 10.5 Å². The van der Waals surface area contributed by atoms with Gasteiger partial charge < -0.3 is 0 Å². The molecule has 0 amide bonds. The zero-order chi connectivity index (χ0) is 9.12. The van der Waals surface area contributed by atoms with Crippen LogP contribution in [0.3, 0.4) is 0 Å². The first-order valence-electron chi connectivity index (χ1n) is 1.86. The molecule has 0 bridgehead atoms. The van der Waals surface area contributed by atoms with Gasteiger partial charge in [0.2, 0.25) is 0 Å². The van der Waals surface area contributed by atoms with Gasteiger partial charge >= 0.3 is 65.0 Å². The first-order chi connectivity index (χ1) is 4.83. The Bertz CT molecular complexity index is 374. The Hall–Kier alpha value is -0.795. The second-order valence-corrected chi connectivity index (χ2v) is 5.65. The van der Waals surface area contributed by atoms with Crippen LogP contribution in [0.4, 0.5) is 0 Å². The topological polar surface area (TPSA) is 125 Å². The maximum atomic E-state index is 10.2. The van der Waals surface area contributed by atoms with E-state index in [0.29, 0.717) is 9.86 Å². The Morgan fingerprint density at radius 3 is 1.36 bits per heavy atom. The molecule has 0 saturated heterocycles. The summed E-state index contributed by atoms with van der Waals surface area (Å²) in [6.07, 6.45) is 0. The number of rotatable bonds is 2. The van der Waals surface area contributed by atoms with Crippen molar-refractivity contribution in [1.82, 2.24) is 0 Å². The minimum absolute atomic E-state index is 0.643. The molecule has 0 aromatic heterocycles. The predicted molar refractivity (Wildman–Crippen MR) is 15.1 cm³/mol. The third-order valence-corrected chi connectivity index (χ3v) is 3.97. The maximum absolute atomic E-state index is 10.2. The van der Waals surface area contributed by atoms with Crippen LogP contribution in [0.25, 0.3) is 0 Å². The molecule has 0 atom stereocenters. The monoisotopic (exact) mass is 236 g/mol. The molecule has 11 heavy (non-hydrogen) atoms. The Balaban J connectivity index is 4.91. The quantitative estimate of drug-likeness (QED) is 0.631. The summed E-state index contributed by atoms with van der Waals surface area (Å²) in [6, 6.07) is 0. The van der Waals surface area contributed by atoms with Crippen molar-refractivity contribution in [2.24, 2.45) is 0 Å². The normalized spacial score (nSPS) is 11.5. The first-order valence-corrected chi connectivity index (χ1v) is 6.25. The van der Waals surface area contributed by atoms with E-state index >= 15 is 0 Å². The summed E-state index contributed by atoms with van der Waals surface area (Å²) >= 11 is -11.0. The molecule has 0 aliphatic rings. The Morgan fingerprint density at radius 1 is 0.909 bits per heavy atom.